The number of esters is 1. The second-order valence-corrected chi connectivity index (χ2v) is 31.2. The van der Waals surface area contributed by atoms with E-state index in [9.17, 15) is 63.0 Å². The van der Waals surface area contributed by atoms with Crippen LogP contribution in [0.25, 0.3) is 0 Å². The summed E-state index contributed by atoms with van der Waals surface area (Å²) in [6, 6.07) is -14.3. The Morgan fingerprint density at radius 1 is 0.558 bits per heavy atom. The van der Waals surface area contributed by atoms with Gasteiger partial charge in [-0.1, -0.05) is 81.4 Å². The van der Waals surface area contributed by atoms with E-state index in [1.54, 1.807) is 88.3 Å². The van der Waals surface area contributed by atoms with Gasteiger partial charge in [-0.2, -0.15) is 0 Å². The molecule has 0 bridgehead atoms. The average molecular weight is 1480 g/mol. The highest BCUT2D eigenvalue weighted by molar-refractivity contribution is 5.99. The molecule has 0 saturated carbocycles. The van der Waals surface area contributed by atoms with Crippen LogP contribution in [0.5, 0.6) is 0 Å². The van der Waals surface area contributed by atoms with Gasteiger partial charge in [0.25, 0.3) is 0 Å². The number of carbonyl (C=O) groups is 12. The largest absolute Gasteiger partial charge is 0.467 e. The van der Waals surface area contributed by atoms with Crippen molar-refractivity contribution < 1.29 is 86.7 Å². The van der Waals surface area contributed by atoms with Crippen LogP contribution in [0.4, 0.5) is 4.79 Å². The molecular formula is C74H134N12O18. The zero-order valence-electron chi connectivity index (χ0n) is 67.8. The molecule has 0 aromatic rings. The van der Waals surface area contributed by atoms with Gasteiger partial charge >= 0.3 is 12.1 Å². The van der Waals surface area contributed by atoms with Gasteiger partial charge in [0.15, 0.2) is 0 Å². The lowest BCUT2D eigenvalue weighted by Gasteiger charge is -2.41. The monoisotopic (exact) mass is 1480 g/mol. The van der Waals surface area contributed by atoms with Gasteiger partial charge in [0.1, 0.15) is 72.1 Å². The number of nitrogens with one attached hydrogen (secondary N) is 5. The predicted octanol–water partition coefficient (Wildman–Crippen LogP) is 3.47. The SMILES string of the molecule is C/C=C/C[C@@H](C)[C@@H](O)[C@@H](C(=O)N[C@@H](CC)C(=O)OC)N(C)C(=O)[C@H](C(C)C)N(C)C(=O)[C@H](CC(C)C)N(C)C(=O)[C@H](CC(C)(C)O)NC(=O)[C@@H](C)NC(=O)[C@H](C)NC(=O)[C@H](CC(C)C)N(C)C(=O)[C@@H](NC(=O)[C@H]([C@@H](C)OCCCCN1CCOCC1)N(C)C(=O)[C@@H](C)N(C)C(=O)OC(C)(C)C)C(C)C. The van der Waals surface area contributed by atoms with Crippen LogP contribution in [-0.4, -0.2) is 294 Å². The zero-order valence-corrected chi connectivity index (χ0v) is 67.8. The standard InChI is InChI=1S/C74H134N12O18/c1-28-30-33-47(11)60(87)59(65(92)77-52(29-2)71(98)101-27)85(26)70(97)57(46(9)10)83(24)68(95)55(41-44(5)6)82(23)67(94)53(42-74(19,20)100)78-62(89)49(13)75-61(88)48(12)76-63(90)54(40-43(3)4)81(22)69(96)56(45(7)8)79-64(91)58(51(15)103-37-32-31-34-86-35-38-102-39-36-86)84(25)66(93)50(14)80(21)72(99)104-73(16,17)18/h28,30,43-60,87,100H,29,31-42H2,1-27H3,(H,75,88)(H,76,90)(H,77,92)(H,78,89)(H,79,91)/b30-28+/t47-,48+,49-,50-,51-,52+,53+,54+,55+,56+,57+,58+,59+,60-/m1/s1. The highest BCUT2D eigenvalue weighted by Gasteiger charge is 2.46. The number of methoxy groups -OCH3 is 1. The molecule has 30 nitrogen and oxygen atoms in total. The maximum atomic E-state index is 15.0. The Kier molecular flexibility index (Phi) is 40.4. The molecule has 0 unspecified atom stereocenters. The minimum atomic E-state index is -1.60. The maximum absolute atomic E-state index is 15.0. The van der Waals surface area contributed by atoms with Crippen LogP contribution in [0.15, 0.2) is 12.2 Å². The second kappa shape index (κ2) is 44.2. The third kappa shape index (κ3) is 30.1. The summed E-state index contributed by atoms with van der Waals surface area (Å²) in [5, 5.41) is 36.3. The number of morpholine rings is 1. The number of allylic oxidation sites excluding steroid dienone is 2. The molecule has 11 amide bonds. The first-order valence-corrected chi connectivity index (χ1v) is 36.9. The lowest BCUT2D eigenvalue weighted by Crippen LogP contribution is -2.63. The number of aliphatic hydroxyl groups excluding tert-OH is 1. The Morgan fingerprint density at radius 2 is 1.05 bits per heavy atom. The van der Waals surface area contributed by atoms with E-state index < -0.39 is 179 Å². The quantitative estimate of drug-likeness (QED) is 0.0261. The van der Waals surface area contributed by atoms with E-state index >= 15 is 4.79 Å². The summed E-state index contributed by atoms with van der Waals surface area (Å²) in [5.74, 6) is -10.4. The van der Waals surface area contributed by atoms with Crippen molar-refractivity contribution in [1.82, 2.24) is 60.9 Å². The fourth-order valence-corrected chi connectivity index (χ4v) is 12.2. The van der Waals surface area contributed by atoms with Crippen LogP contribution in [-0.2, 0) is 71.7 Å². The number of hydrogen-bond donors (Lipinski definition) is 7. The fraction of sp³-hybridized carbons (Fsp3) is 0.811. The van der Waals surface area contributed by atoms with Crippen molar-refractivity contribution in [1.29, 1.82) is 0 Å². The molecule has 14 atom stereocenters. The van der Waals surface area contributed by atoms with Crippen molar-refractivity contribution in [3.8, 4) is 0 Å². The van der Waals surface area contributed by atoms with Gasteiger partial charge in [0, 0.05) is 68.4 Å². The van der Waals surface area contributed by atoms with Gasteiger partial charge < -0.3 is 80.2 Å². The summed E-state index contributed by atoms with van der Waals surface area (Å²) in [6.07, 6.45) is 2.15. The molecule has 598 valence electrons. The normalized spacial score (nSPS) is 17.1. The van der Waals surface area contributed by atoms with Crippen molar-refractivity contribution >= 4 is 71.1 Å². The minimum absolute atomic E-state index is 0.0564. The Hall–Kier alpha value is -7.02. The number of unbranched alkanes of at least 4 members (excludes halogenated alkanes) is 1. The lowest BCUT2D eigenvalue weighted by molar-refractivity contribution is -0.157. The Balaban J connectivity index is 3.60. The van der Waals surface area contributed by atoms with Gasteiger partial charge in [-0.25, -0.2) is 9.59 Å². The molecule has 0 aliphatic carbocycles. The van der Waals surface area contributed by atoms with E-state index in [2.05, 4.69) is 31.5 Å². The number of carbonyl (C=O) groups excluding carboxylic acids is 12. The van der Waals surface area contributed by atoms with E-state index in [0.717, 1.165) is 40.8 Å². The first-order valence-electron chi connectivity index (χ1n) is 36.9. The van der Waals surface area contributed by atoms with Crippen LogP contribution < -0.4 is 26.6 Å². The highest BCUT2D eigenvalue weighted by Crippen LogP contribution is 2.26. The third-order valence-corrected chi connectivity index (χ3v) is 18.7. The smallest absolute Gasteiger partial charge is 0.410 e. The molecule has 1 rings (SSSR count). The zero-order chi connectivity index (χ0) is 80.3. The molecule has 0 radical (unpaired) electrons. The van der Waals surface area contributed by atoms with Crippen molar-refractivity contribution in [3.05, 3.63) is 12.2 Å². The molecular weight excluding hydrogens is 1340 g/mol. The predicted molar refractivity (Wildman–Crippen MR) is 396 cm³/mol. The number of aliphatic hydroxyl groups is 2. The summed E-state index contributed by atoms with van der Waals surface area (Å²) in [4.78, 5) is 181. The fourth-order valence-electron chi connectivity index (χ4n) is 12.2. The van der Waals surface area contributed by atoms with E-state index in [1.807, 2.05) is 27.7 Å². The number of likely N-dealkylation sites (N-methyl/N-ethyl adjacent to an activating group) is 6. The molecule has 1 fully saturated rings. The number of nitrogens with zero attached hydrogens (tertiary/aromatic N) is 7. The first-order chi connectivity index (χ1) is 48.0. The molecule has 104 heavy (non-hydrogen) atoms. The van der Waals surface area contributed by atoms with Crippen LogP contribution in [0.1, 0.15) is 183 Å². The molecule has 1 saturated heterocycles. The van der Waals surface area contributed by atoms with Crippen molar-refractivity contribution in [3.63, 3.8) is 0 Å². The van der Waals surface area contributed by atoms with Crippen LogP contribution in [0.3, 0.4) is 0 Å². The Bertz CT molecular complexity index is 2840. The summed E-state index contributed by atoms with van der Waals surface area (Å²) >= 11 is 0. The molecule has 1 heterocycles. The van der Waals surface area contributed by atoms with Gasteiger partial charge in [-0.15, -0.1) is 0 Å². The molecule has 7 N–H and O–H groups in total. The second-order valence-electron chi connectivity index (χ2n) is 31.2. The van der Waals surface area contributed by atoms with Crippen LogP contribution in [0, 0.1) is 29.6 Å². The molecule has 0 spiro atoms. The third-order valence-electron chi connectivity index (χ3n) is 18.7. The summed E-state index contributed by atoms with van der Waals surface area (Å²) < 4.78 is 22.1. The first kappa shape index (κ1) is 95.0. The van der Waals surface area contributed by atoms with E-state index in [0.29, 0.717) is 26.1 Å². The number of rotatable bonds is 42. The number of hydrogen-bond acceptors (Lipinski definition) is 19. The molecule has 0 aromatic carbocycles. The van der Waals surface area contributed by atoms with Gasteiger partial charge in [-0.3, -0.25) is 57.7 Å². The average Bonchev–Trinajstić information content (AvgIpc) is 0.796. The van der Waals surface area contributed by atoms with Crippen LogP contribution in [0.2, 0.25) is 0 Å². The van der Waals surface area contributed by atoms with Gasteiger partial charge in [-0.05, 0) is 144 Å². The highest BCUT2D eigenvalue weighted by atomic mass is 16.6. The molecule has 0 aromatic heterocycles. The van der Waals surface area contributed by atoms with E-state index in [-0.39, 0.29) is 44.1 Å². The Morgan fingerprint density at radius 3 is 1.54 bits per heavy atom. The number of ether oxygens (including phenoxy) is 4. The van der Waals surface area contributed by atoms with Crippen molar-refractivity contribution in [2.24, 2.45) is 29.6 Å². The van der Waals surface area contributed by atoms with E-state index in [1.165, 1.54) is 98.7 Å². The summed E-state index contributed by atoms with van der Waals surface area (Å²) in [6.45, 7) is 37.1. The van der Waals surface area contributed by atoms with Gasteiger partial charge in [0.05, 0.1) is 38.1 Å². The topological polar surface area (TPSA) is 365 Å². The van der Waals surface area contributed by atoms with Crippen molar-refractivity contribution in [2.45, 2.75) is 273 Å². The summed E-state index contributed by atoms with van der Waals surface area (Å²) in [5.41, 5.74) is -2.46. The molecule has 30 heteroatoms. The molecule has 1 aliphatic rings. The lowest BCUT2D eigenvalue weighted by atomic mass is 9.91. The van der Waals surface area contributed by atoms with E-state index in [4.69, 9.17) is 18.9 Å². The maximum Gasteiger partial charge on any atom is 0.410 e. The van der Waals surface area contributed by atoms with Gasteiger partial charge in [0.2, 0.25) is 59.1 Å². The summed E-state index contributed by atoms with van der Waals surface area (Å²) in [7, 11) is 9.48. The van der Waals surface area contributed by atoms with Crippen LogP contribution >= 0.6 is 0 Å². The number of amides is 11. The Labute approximate surface area is 620 Å². The molecule has 1 aliphatic heterocycles. The van der Waals surface area contributed by atoms with Crippen molar-refractivity contribution in [2.75, 3.05) is 88.9 Å². The minimum Gasteiger partial charge on any atom is -0.467 e.